The van der Waals surface area contributed by atoms with Gasteiger partial charge < -0.3 is 20.7 Å². The number of nitrogens with one attached hydrogen (secondary N) is 3. The number of guanidine groups is 1. The lowest BCUT2D eigenvalue weighted by Gasteiger charge is -2.22. The lowest BCUT2D eigenvalue weighted by atomic mass is 10.2. The van der Waals surface area contributed by atoms with Crippen LogP contribution in [0.25, 0.3) is 0 Å². The maximum Gasteiger partial charge on any atom is 0.407 e. The van der Waals surface area contributed by atoms with Crippen LogP contribution in [0.15, 0.2) is 4.99 Å². The highest BCUT2D eigenvalue weighted by molar-refractivity contribution is 7.99. The SMILES string of the molecule is CCNC(=NCC(C)(C)SC)NCC(NC(=O)OCC)C1CC1. The average Bonchev–Trinajstić information content (AvgIpc) is 3.33. The smallest absolute Gasteiger partial charge is 0.407 e. The fourth-order valence-corrected chi connectivity index (χ4v) is 2.23. The highest BCUT2D eigenvalue weighted by atomic mass is 32.2. The van der Waals surface area contributed by atoms with Crippen LogP contribution in [-0.4, -0.2) is 55.3 Å². The van der Waals surface area contributed by atoms with Crippen molar-refractivity contribution in [3.63, 3.8) is 0 Å². The standard InChI is InChI=1S/C16H32N4O2S/c1-6-17-14(19-11-16(3,4)23-5)18-10-13(12-8-9-12)20-15(21)22-7-2/h12-13H,6-11H2,1-5H3,(H,20,21)(H2,17,18,19). The Bertz CT molecular complexity index is 398. The molecular weight excluding hydrogens is 312 g/mol. The van der Waals surface area contributed by atoms with Gasteiger partial charge in [0.15, 0.2) is 5.96 Å². The lowest BCUT2D eigenvalue weighted by molar-refractivity contribution is 0.146. The topological polar surface area (TPSA) is 74.8 Å². The number of hydrogen-bond acceptors (Lipinski definition) is 4. The number of carbonyl (C=O) groups is 1. The molecule has 1 atom stereocenters. The molecule has 0 aromatic heterocycles. The molecule has 7 heteroatoms. The Kier molecular flexibility index (Phi) is 8.58. The van der Waals surface area contributed by atoms with Gasteiger partial charge in [0.2, 0.25) is 0 Å². The van der Waals surface area contributed by atoms with E-state index in [9.17, 15) is 4.79 Å². The normalized spacial score (nSPS) is 16.7. The molecular formula is C16H32N4O2S. The summed E-state index contributed by atoms with van der Waals surface area (Å²) in [7, 11) is 0. The minimum atomic E-state index is -0.336. The van der Waals surface area contributed by atoms with Crippen molar-refractivity contribution in [1.82, 2.24) is 16.0 Å². The molecule has 3 N–H and O–H groups in total. The number of hydrogen-bond donors (Lipinski definition) is 3. The van der Waals surface area contributed by atoms with Crippen molar-refractivity contribution in [2.24, 2.45) is 10.9 Å². The summed E-state index contributed by atoms with van der Waals surface area (Å²) in [6, 6.07) is 0.0893. The maximum absolute atomic E-state index is 11.6. The quantitative estimate of drug-likeness (QED) is 0.442. The van der Waals surface area contributed by atoms with Crippen molar-refractivity contribution >= 4 is 23.8 Å². The van der Waals surface area contributed by atoms with E-state index in [0.29, 0.717) is 19.1 Å². The van der Waals surface area contributed by atoms with E-state index >= 15 is 0 Å². The summed E-state index contributed by atoms with van der Waals surface area (Å²) in [6.07, 6.45) is 4.08. The van der Waals surface area contributed by atoms with Crippen LogP contribution in [0.5, 0.6) is 0 Å². The van der Waals surface area contributed by atoms with E-state index in [1.165, 1.54) is 0 Å². The highest BCUT2D eigenvalue weighted by Gasteiger charge is 2.32. The first-order chi connectivity index (χ1) is 10.9. The van der Waals surface area contributed by atoms with Gasteiger partial charge in [-0.25, -0.2) is 4.79 Å². The Hall–Kier alpha value is -1.11. The first-order valence-corrected chi connectivity index (χ1v) is 9.65. The van der Waals surface area contributed by atoms with Crippen molar-refractivity contribution < 1.29 is 9.53 Å². The fourth-order valence-electron chi connectivity index (χ4n) is 2.04. The van der Waals surface area contributed by atoms with Crippen LogP contribution in [-0.2, 0) is 4.74 Å². The van der Waals surface area contributed by atoms with Crippen LogP contribution in [0.1, 0.15) is 40.5 Å². The molecule has 1 rings (SSSR count). The lowest BCUT2D eigenvalue weighted by Crippen LogP contribution is -2.48. The van der Waals surface area contributed by atoms with Gasteiger partial charge >= 0.3 is 6.09 Å². The molecule has 0 radical (unpaired) electrons. The van der Waals surface area contributed by atoms with E-state index in [0.717, 1.165) is 31.9 Å². The molecule has 6 nitrogen and oxygen atoms in total. The first kappa shape index (κ1) is 19.9. The Morgan fingerprint density at radius 1 is 1.35 bits per heavy atom. The van der Waals surface area contributed by atoms with E-state index < -0.39 is 0 Å². The van der Waals surface area contributed by atoms with E-state index in [4.69, 9.17) is 4.74 Å². The maximum atomic E-state index is 11.6. The van der Waals surface area contributed by atoms with Gasteiger partial charge in [0, 0.05) is 17.8 Å². The zero-order chi connectivity index (χ0) is 17.3. The Morgan fingerprint density at radius 2 is 2.04 bits per heavy atom. The van der Waals surface area contributed by atoms with Gasteiger partial charge in [-0.2, -0.15) is 11.8 Å². The summed E-state index contributed by atoms with van der Waals surface area (Å²) < 4.78 is 5.10. The molecule has 1 amide bonds. The molecule has 0 aromatic carbocycles. The molecule has 0 aromatic rings. The van der Waals surface area contributed by atoms with Gasteiger partial charge in [-0.15, -0.1) is 0 Å². The van der Waals surface area contributed by atoms with E-state index in [-0.39, 0.29) is 16.9 Å². The second-order valence-electron chi connectivity index (χ2n) is 6.35. The average molecular weight is 345 g/mol. The number of nitrogens with zero attached hydrogens (tertiary/aromatic N) is 1. The number of aliphatic imine (C=N–C) groups is 1. The molecule has 0 heterocycles. The number of rotatable bonds is 9. The van der Waals surface area contributed by atoms with Gasteiger partial charge in [0.05, 0.1) is 19.2 Å². The monoisotopic (exact) mass is 344 g/mol. The minimum absolute atomic E-state index is 0.0893. The van der Waals surface area contributed by atoms with Crippen LogP contribution in [0.4, 0.5) is 4.79 Å². The van der Waals surface area contributed by atoms with Crippen molar-refractivity contribution in [1.29, 1.82) is 0 Å². The molecule has 1 saturated carbocycles. The predicted octanol–water partition coefficient (Wildman–Crippen LogP) is 2.21. The first-order valence-electron chi connectivity index (χ1n) is 8.42. The van der Waals surface area contributed by atoms with Crippen LogP contribution in [0.2, 0.25) is 0 Å². The summed E-state index contributed by atoms with van der Waals surface area (Å²) in [5.74, 6) is 1.34. The molecule has 1 aliphatic carbocycles. The molecule has 134 valence electrons. The van der Waals surface area contributed by atoms with E-state index in [1.54, 1.807) is 11.8 Å². The van der Waals surface area contributed by atoms with Gasteiger partial charge in [-0.1, -0.05) is 0 Å². The minimum Gasteiger partial charge on any atom is -0.450 e. The number of carbonyl (C=O) groups excluding carboxylic acids is 1. The third kappa shape index (κ3) is 8.34. The molecule has 0 bridgehead atoms. The van der Waals surface area contributed by atoms with E-state index in [1.807, 2.05) is 13.8 Å². The second-order valence-corrected chi connectivity index (χ2v) is 7.86. The van der Waals surface area contributed by atoms with E-state index in [2.05, 4.69) is 41.0 Å². The van der Waals surface area contributed by atoms with Crippen LogP contribution in [0, 0.1) is 5.92 Å². The predicted molar refractivity (Wildman–Crippen MR) is 98.2 cm³/mol. The van der Waals surface area contributed by atoms with Crippen molar-refractivity contribution in [3.05, 3.63) is 0 Å². The molecule has 0 spiro atoms. The molecule has 0 saturated heterocycles. The third-order valence-electron chi connectivity index (χ3n) is 3.77. The molecule has 23 heavy (non-hydrogen) atoms. The zero-order valence-electron chi connectivity index (χ0n) is 15.1. The van der Waals surface area contributed by atoms with Gasteiger partial charge in [0.1, 0.15) is 0 Å². The van der Waals surface area contributed by atoms with Crippen molar-refractivity contribution in [2.45, 2.75) is 51.3 Å². The molecule has 1 aliphatic rings. The van der Waals surface area contributed by atoms with Crippen molar-refractivity contribution in [3.8, 4) is 0 Å². The molecule has 0 aliphatic heterocycles. The van der Waals surface area contributed by atoms with Gasteiger partial charge in [-0.05, 0) is 52.7 Å². The number of ether oxygens (including phenoxy) is 1. The summed E-state index contributed by atoms with van der Waals surface area (Å²) in [6.45, 7) is 10.8. The van der Waals surface area contributed by atoms with Crippen LogP contribution >= 0.6 is 11.8 Å². The second kappa shape index (κ2) is 9.90. The van der Waals surface area contributed by atoms with Gasteiger partial charge in [0.25, 0.3) is 0 Å². The fraction of sp³-hybridized carbons (Fsp3) is 0.875. The largest absolute Gasteiger partial charge is 0.450 e. The molecule has 1 unspecified atom stereocenters. The Labute approximate surface area is 144 Å². The zero-order valence-corrected chi connectivity index (χ0v) is 15.9. The summed E-state index contributed by atoms with van der Waals surface area (Å²) in [5.41, 5.74) is 0. The van der Waals surface area contributed by atoms with Crippen LogP contribution in [0.3, 0.4) is 0 Å². The molecule has 1 fully saturated rings. The van der Waals surface area contributed by atoms with Crippen LogP contribution < -0.4 is 16.0 Å². The number of amides is 1. The third-order valence-corrected chi connectivity index (χ3v) is 5.01. The Balaban J connectivity index is 2.53. The summed E-state index contributed by atoms with van der Waals surface area (Å²) in [5, 5.41) is 9.55. The summed E-state index contributed by atoms with van der Waals surface area (Å²) >= 11 is 1.80. The highest BCUT2D eigenvalue weighted by Crippen LogP contribution is 2.32. The summed E-state index contributed by atoms with van der Waals surface area (Å²) in [4.78, 5) is 16.3. The van der Waals surface area contributed by atoms with Crippen molar-refractivity contribution in [2.75, 3.05) is 32.5 Å². The van der Waals surface area contributed by atoms with Gasteiger partial charge in [-0.3, -0.25) is 4.99 Å². The number of thioether (sulfide) groups is 1. The number of alkyl carbamates (subject to hydrolysis) is 1. The Morgan fingerprint density at radius 3 is 2.57 bits per heavy atom.